The molecule has 128 valence electrons. The molecule has 1 aromatic rings. The highest BCUT2D eigenvalue weighted by Crippen LogP contribution is 2.38. The first-order chi connectivity index (χ1) is 11.2. The summed E-state index contributed by atoms with van der Waals surface area (Å²) in [5.41, 5.74) is 0.249. The molecule has 1 atom stereocenters. The number of carbonyl (C=O) groups is 1. The minimum Gasteiger partial charge on any atom is -0.438 e. The summed E-state index contributed by atoms with van der Waals surface area (Å²) in [6.45, 7) is 5.84. The number of hydrogen-bond donors (Lipinski definition) is 0. The number of nitrogens with zero attached hydrogens (tertiary/aromatic N) is 3. The lowest BCUT2D eigenvalue weighted by Gasteiger charge is -2.48. The van der Waals surface area contributed by atoms with Crippen molar-refractivity contribution < 1.29 is 13.9 Å². The largest absolute Gasteiger partial charge is 0.438 e. The van der Waals surface area contributed by atoms with Crippen LogP contribution >= 0.6 is 0 Å². The molecule has 0 bridgehead atoms. The van der Waals surface area contributed by atoms with Gasteiger partial charge in [0.1, 0.15) is 0 Å². The predicted molar refractivity (Wildman–Crippen MR) is 86.2 cm³/mol. The fourth-order valence-electron chi connectivity index (χ4n) is 4.13. The molecule has 1 unspecified atom stereocenters. The van der Waals surface area contributed by atoms with Crippen molar-refractivity contribution in [2.24, 2.45) is 5.41 Å². The van der Waals surface area contributed by atoms with Gasteiger partial charge in [-0.2, -0.15) is 0 Å². The smallest absolute Gasteiger partial charge is 0.291 e. The second-order valence-corrected chi connectivity index (χ2v) is 6.92. The molecule has 1 amide bonds. The van der Waals surface area contributed by atoms with E-state index < -0.39 is 0 Å². The van der Waals surface area contributed by atoms with Crippen molar-refractivity contribution >= 4 is 5.91 Å². The van der Waals surface area contributed by atoms with Gasteiger partial charge >= 0.3 is 0 Å². The van der Waals surface area contributed by atoms with Crippen molar-refractivity contribution in [1.29, 1.82) is 0 Å². The quantitative estimate of drug-likeness (QED) is 0.777. The highest BCUT2D eigenvalue weighted by Gasteiger charge is 2.40. The molecule has 1 spiro atoms. The molecule has 2 aliphatic heterocycles. The Morgan fingerprint density at radius 3 is 2.91 bits per heavy atom. The van der Waals surface area contributed by atoms with Gasteiger partial charge in [0, 0.05) is 45.3 Å². The van der Waals surface area contributed by atoms with E-state index in [1.807, 2.05) is 4.90 Å². The van der Waals surface area contributed by atoms with Gasteiger partial charge < -0.3 is 19.0 Å². The average Bonchev–Trinajstić information content (AvgIpc) is 3.09. The maximum Gasteiger partial charge on any atom is 0.291 e. The van der Waals surface area contributed by atoms with Crippen molar-refractivity contribution in [3.8, 4) is 0 Å². The summed E-state index contributed by atoms with van der Waals surface area (Å²) in [5.74, 6) is 0.341. The fourth-order valence-corrected chi connectivity index (χ4v) is 4.13. The van der Waals surface area contributed by atoms with Gasteiger partial charge in [-0.05, 0) is 38.6 Å². The highest BCUT2D eigenvalue weighted by atomic mass is 16.5. The van der Waals surface area contributed by atoms with E-state index in [1.54, 1.807) is 7.11 Å². The second-order valence-electron chi connectivity index (χ2n) is 6.92. The molecule has 0 aliphatic carbocycles. The molecule has 6 heteroatoms. The number of piperidine rings is 2. The number of aromatic nitrogens is 1. The molecule has 3 heterocycles. The van der Waals surface area contributed by atoms with Crippen molar-refractivity contribution in [3.63, 3.8) is 0 Å². The SMILES string of the molecule is COCCCN1CCCC2(CCCN(C(=O)c3cnco3)C2)C1. The first-order valence-electron chi connectivity index (χ1n) is 8.61. The summed E-state index contributed by atoms with van der Waals surface area (Å²) in [6, 6.07) is 0. The monoisotopic (exact) mass is 321 g/mol. The van der Waals surface area contributed by atoms with Gasteiger partial charge in [0.25, 0.3) is 5.91 Å². The van der Waals surface area contributed by atoms with E-state index in [0.29, 0.717) is 5.76 Å². The first-order valence-corrected chi connectivity index (χ1v) is 8.61. The molecule has 23 heavy (non-hydrogen) atoms. The van der Waals surface area contributed by atoms with Crippen LogP contribution in [0.1, 0.15) is 42.7 Å². The lowest BCUT2D eigenvalue weighted by Crippen LogP contribution is -2.53. The van der Waals surface area contributed by atoms with Gasteiger partial charge in [-0.1, -0.05) is 0 Å². The second kappa shape index (κ2) is 7.45. The van der Waals surface area contributed by atoms with Crippen LogP contribution in [0.2, 0.25) is 0 Å². The average molecular weight is 321 g/mol. The molecule has 0 N–H and O–H groups in total. The van der Waals surface area contributed by atoms with Gasteiger partial charge in [0.15, 0.2) is 6.39 Å². The van der Waals surface area contributed by atoms with Crippen LogP contribution in [0.25, 0.3) is 0 Å². The van der Waals surface area contributed by atoms with E-state index in [9.17, 15) is 4.79 Å². The van der Waals surface area contributed by atoms with Crippen LogP contribution in [0.15, 0.2) is 17.0 Å². The van der Waals surface area contributed by atoms with E-state index in [2.05, 4.69) is 9.88 Å². The fraction of sp³-hybridized carbons (Fsp3) is 0.765. The summed E-state index contributed by atoms with van der Waals surface area (Å²) in [6.07, 6.45) is 8.64. The summed E-state index contributed by atoms with van der Waals surface area (Å²) >= 11 is 0. The van der Waals surface area contributed by atoms with Crippen LogP contribution < -0.4 is 0 Å². The zero-order valence-corrected chi connectivity index (χ0v) is 14.0. The third-order valence-corrected chi connectivity index (χ3v) is 5.15. The molecule has 1 aromatic heterocycles. The minimum absolute atomic E-state index is 0.0157. The minimum atomic E-state index is -0.0157. The van der Waals surface area contributed by atoms with Gasteiger partial charge in [0.2, 0.25) is 5.76 Å². The number of amides is 1. The highest BCUT2D eigenvalue weighted by molar-refractivity contribution is 5.91. The Hall–Kier alpha value is -1.40. The zero-order chi connectivity index (χ0) is 16.1. The summed E-state index contributed by atoms with van der Waals surface area (Å²) in [7, 11) is 1.76. The Kier molecular flexibility index (Phi) is 5.33. The number of hydrogen-bond acceptors (Lipinski definition) is 5. The van der Waals surface area contributed by atoms with E-state index in [0.717, 1.165) is 45.6 Å². The molecule has 6 nitrogen and oxygen atoms in total. The van der Waals surface area contributed by atoms with Crippen LogP contribution in [0.4, 0.5) is 0 Å². The summed E-state index contributed by atoms with van der Waals surface area (Å²) in [4.78, 5) is 20.9. The molecule has 0 saturated carbocycles. The molecule has 0 aromatic carbocycles. The Morgan fingerprint density at radius 1 is 1.35 bits per heavy atom. The van der Waals surface area contributed by atoms with E-state index in [-0.39, 0.29) is 11.3 Å². The lowest BCUT2D eigenvalue weighted by molar-refractivity contribution is 0.0104. The number of ether oxygens (including phenoxy) is 1. The number of oxazole rings is 1. The van der Waals surface area contributed by atoms with Crippen molar-refractivity contribution in [2.75, 3.05) is 46.4 Å². The van der Waals surface area contributed by atoms with Crippen LogP contribution in [0, 0.1) is 5.41 Å². The Balaban J connectivity index is 1.61. The van der Waals surface area contributed by atoms with Crippen LogP contribution in [-0.2, 0) is 4.74 Å². The van der Waals surface area contributed by atoms with E-state index >= 15 is 0 Å². The summed E-state index contributed by atoms with van der Waals surface area (Å²) < 4.78 is 10.3. The molecular weight excluding hydrogens is 294 g/mol. The van der Waals surface area contributed by atoms with Gasteiger partial charge in [-0.25, -0.2) is 4.98 Å². The maximum atomic E-state index is 12.5. The number of methoxy groups -OCH3 is 1. The third kappa shape index (κ3) is 3.93. The topological polar surface area (TPSA) is 58.8 Å². The zero-order valence-electron chi connectivity index (χ0n) is 14.0. The van der Waals surface area contributed by atoms with Crippen LogP contribution in [0.5, 0.6) is 0 Å². The van der Waals surface area contributed by atoms with Gasteiger partial charge in [0.05, 0.1) is 6.20 Å². The van der Waals surface area contributed by atoms with Crippen molar-refractivity contribution in [3.05, 3.63) is 18.4 Å². The van der Waals surface area contributed by atoms with E-state index in [4.69, 9.17) is 9.15 Å². The molecule has 2 saturated heterocycles. The molecule has 3 rings (SSSR count). The lowest BCUT2D eigenvalue weighted by atomic mass is 9.73. The van der Waals surface area contributed by atoms with Crippen molar-refractivity contribution in [1.82, 2.24) is 14.8 Å². The Bertz CT molecular complexity index is 501. The normalized spacial score (nSPS) is 25.9. The Labute approximate surface area is 137 Å². The number of likely N-dealkylation sites (tertiary alicyclic amines) is 2. The van der Waals surface area contributed by atoms with Gasteiger partial charge in [-0.3, -0.25) is 4.79 Å². The number of carbonyl (C=O) groups excluding carboxylic acids is 1. The Morgan fingerprint density at radius 2 is 2.17 bits per heavy atom. The summed E-state index contributed by atoms with van der Waals surface area (Å²) in [5, 5.41) is 0. The van der Waals surface area contributed by atoms with Crippen LogP contribution in [0.3, 0.4) is 0 Å². The number of rotatable bonds is 5. The van der Waals surface area contributed by atoms with Gasteiger partial charge in [-0.15, -0.1) is 0 Å². The predicted octanol–water partition coefficient (Wildman–Crippen LogP) is 2.03. The standard InChI is InChI=1S/C17H27N3O3/c1-22-10-4-8-19-7-2-5-17(12-19)6-3-9-20(13-17)16(21)15-11-18-14-23-15/h11,14H,2-10,12-13H2,1H3. The van der Waals surface area contributed by atoms with Crippen molar-refractivity contribution in [2.45, 2.75) is 32.1 Å². The van der Waals surface area contributed by atoms with E-state index in [1.165, 1.54) is 38.4 Å². The molecule has 2 aliphatic rings. The van der Waals surface area contributed by atoms with Crippen LogP contribution in [-0.4, -0.2) is 67.1 Å². The molecule has 2 fully saturated rings. The maximum absolute atomic E-state index is 12.5. The molecular formula is C17H27N3O3. The molecule has 0 radical (unpaired) electrons. The third-order valence-electron chi connectivity index (χ3n) is 5.15. The first kappa shape index (κ1) is 16.5.